The second kappa shape index (κ2) is 5.69. The summed E-state index contributed by atoms with van der Waals surface area (Å²) in [7, 11) is 0. The molecular weight excluding hydrogens is 244 g/mol. The first-order valence-electron chi connectivity index (χ1n) is 5.78. The third kappa shape index (κ3) is 3.34. The van der Waals surface area contributed by atoms with Gasteiger partial charge in [0.05, 0.1) is 11.4 Å². The van der Waals surface area contributed by atoms with E-state index in [1.807, 2.05) is 43.3 Å². The van der Waals surface area contributed by atoms with Crippen LogP contribution in [0.3, 0.4) is 0 Å². The quantitative estimate of drug-likeness (QED) is 0.637. The van der Waals surface area contributed by atoms with Gasteiger partial charge in [-0.15, -0.1) is 0 Å². The Bertz CT molecular complexity index is 559. The highest BCUT2D eigenvalue weighted by Gasteiger charge is 1.97. The molecule has 0 bridgehead atoms. The van der Waals surface area contributed by atoms with Gasteiger partial charge in [0, 0.05) is 5.02 Å². The van der Waals surface area contributed by atoms with Crippen LogP contribution in [0.2, 0.25) is 5.02 Å². The predicted octanol–water partition coefficient (Wildman–Crippen LogP) is 4.48. The molecule has 0 aromatic heterocycles. The van der Waals surface area contributed by atoms with E-state index in [-0.39, 0.29) is 0 Å². The van der Waals surface area contributed by atoms with Gasteiger partial charge in [-0.05, 0) is 49.2 Å². The molecule has 0 amide bonds. The van der Waals surface area contributed by atoms with E-state index in [9.17, 15) is 0 Å². The van der Waals surface area contributed by atoms with Gasteiger partial charge in [0.25, 0.3) is 0 Å². The Kier molecular flexibility index (Phi) is 4.00. The van der Waals surface area contributed by atoms with E-state index in [0.29, 0.717) is 0 Å². The molecular formula is C15H15ClN2. The molecule has 18 heavy (non-hydrogen) atoms. The Labute approximate surface area is 112 Å². The van der Waals surface area contributed by atoms with Gasteiger partial charge in [0.15, 0.2) is 0 Å². The Morgan fingerprint density at radius 1 is 1.11 bits per heavy atom. The minimum atomic E-state index is 0.734. The molecule has 0 aliphatic carbocycles. The van der Waals surface area contributed by atoms with Crippen molar-refractivity contribution in [3.05, 3.63) is 64.7 Å². The molecule has 0 aliphatic rings. The van der Waals surface area contributed by atoms with Crippen LogP contribution in [0, 0.1) is 6.92 Å². The summed E-state index contributed by atoms with van der Waals surface area (Å²) in [6.45, 7) is 4.02. The fourth-order valence-corrected chi connectivity index (χ4v) is 1.74. The topological polar surface area (TPSA) is 24.4 Å². The summed E-state index contributed by atoms with van der Waals surface area (Å²) in [5.41, 5.74) is 7.23. The monoisotopic (exact) mass is 258 g/mol. The van der Waals surface area contributed by atoms with E-state index in [4.69, 9.17) is 11.6 Å². The van der Waals surface area contributed by atoms with Crippen molar-refractivity contribution in [3.63, 3.8) is 0 Å². The van der Waals surface area contributed by atoms with Crippen LogP contribution in [0.4, 0.5) is 5.69 Å². The van der Waals surface area contributed by atoms with Crippen LogP contribution in [0.25, 0.3) is 0 Å². The van der Waals surface area contributed by atoms with Gasteiger partial charge < -0.3 is 0 Å². The smallest absolute Gasteiger partial charge is 0.0648 e. The van der Waals surface area contributed by atoms with Crippen molar-refractivity contribution < 1.29 is 0 Å². The molecule has 92 valence electrons. The molecule has 2 aromatic rings. The van der Waals surface area contributed by atoms with Gasteiger partial charge in [-0.1, -0.05) is 35.9 Å². The number of anilines is 1. The lowest BCUT2D eigenvalue weighted by molar-refractivity contribution is 1.31. The maximum atomic E-state index is 5.85. The zero-order valence-corrected chi connectivity index (χ0v) is 11.2. The van der Waals surface area contributed by atoms with Crippen molar-refractivity contribution in [2.75, 3.05) is 5.43 Å². The highest BCUT2D eigenvalue weighted by molar-refractivity contribution is 6.30. The molecule has 2 aromatic carbocycles. The van der Waals surface area contributed by atoms with E-state index in [0.717, 1.165) is 22.0 Å². The minimum Gasteiger partial charge on any atom is -0.278 e. The van der Waals surface area contributed by atoms with Crippen molar-refractivity contribution in [1.29, 1.82) is 0 Å². The molecule has 0 radical (unpaired) electrons. The highest BCUT2D eigenvalue weighted by atomic mass is 35.5. The summed E-state index contributed by atoms with van der Waals surface area (Å²) in [5, 5.41) is 5.09. The number of nitrogens with one attached hydrogen (secondary N) is 1. The van der Waals surface area contributed by atoms with Crippen LogP contribution in [0.15, 0.2) is 53.6 Å². The number of halogens is 1. The van der Waals surface area contributed by atoms with Crippen molar-refractivity contribution in [2.24, 2.45) is 5.10 Å². The van der Waals surface area contributed by atoms with Crippen LogP contribution >= 0.6 is 11.6 Å². The summed E-state index contributed by atoms with van der Waals surface area (Å²) < 4.78 is 0. The lowest BCUT2D eigenvalue weighted by atomic mass is 10.1. The number of hydrazone groups is 1. The van der Waals surface area contributed by atoms with Crippen LogP contribution in [0.1, 0.15) is 18.1 Å². The van der Waals surface area contributed by atoms with E-state index in [2.05, 4.69) is 29.6 Å². The zero-order chi connectivity index (χ0) is 13.0. The van der Waals surface area contributed by atoms with Crippen molar-refractivity contribution in [1.82, 2.24) is 0 Å². The van der Waals surface area contributed by atoms with Gasteiger partial charge in [0.2, 0.25) is 0 Å². The number of nitrogens with zero attached hydrogens (tertiary/aromatic N) is 1. The largest absolute Gasteiger partial charge is 0.278 e. The number of hydrogen-bond donors (Lipinski definition) is 1. The first kappa shape index (κ1) is 12.7. The molecule has 0 unspecified atom stereocenters. The third-order valence-electron chi connectivity index (χ3n) is 2.63. The first-order valence-corrected chi connectivity index (χ1v) is 6.16. The first-order chi connectivity index (χ1) is 8.65. The zero-order valence-electron chi connectivity index (χ0n) is 10.4. The Morgan fingerprint density at radius 3 is 2.50 bits per heavy atom. The van der Waals surface area contributed by atoms with Crippen molar-refractivity contribution in [2.45, 2.75) is 13.8 Å². The number of aryl methyl sites for hydroxylation is 1. The summed E-state index contributed by atoms with van der Waals surface area (Å²) in [6.07, 6.45) is 0. The van der Waals surface area contributed by atoms with Gasteiger partial charge in [-0.25, -0.2) is 0 Å². The maximum Gasteiger partial charge on any atom is 0.0648 e. The summed E-state index contributed by atoms with van der Waals surface area (Å²) in [4.78, 5) is 0. The Balaban J connectivity index is 2.11. The fourth-order valence-electron chi connectivity index (χ4n) is 1.62. The Morgan fingerprint density at radius 2 is 1.83 bits per heavy atom. The normalized spacial score (nSPS) is 11.4. The minimum absolute atomic E-state index is 0.734. The fraction of sp³-hybridized carbons (Fsp3) is 0.133. The maximum absolute atomic E-state index is 5.85. The van der Waals surface area contributed by atoms with Gasteiger partial charge in [-0.3, -0.25) is 5.43 Å². The second-order valence-corrected chi connectivity index (χ2v) is 4.62. The van der Waals surface area contributed by atoms with Crippen molar-refractivity contribution >= 4 is 23.0 Å². The van der Waals surface area contributed by atoms with Gasteiger partial charge in [0.1, 0.15) is 0 Å². The standard InChI is InChI=1S/C15H15ClN2/c1-11-4-3-5-15(10-11)18-17-12(2)13-6-8-14(16)9-7-13/h3-10,18H,1-2H3/b17-12-. The van der Waals surface area contributed by atoms with Crippen LogP contribution < -0.4 is 5.43 Å². The predicted molar refractivity (Wildman–Crippen MR) is 78.5 cm³/mol. The number of benzene rings is 2. The summed E-state index contributed by atoms with van der Waals surface area (Å²) in [6, 6.07) is 15.7. The SMILES string of the molecule is C/C(=N/Nc1cccc(C)c1)c1ccc(Cl)cc1. The molecule has 1 N–H and O–H groups in total. The summed E-state index contributed by atoms with van der Waals surface area (Å²) >= 11 is 5.85. The molecule has 2 nitrogen and oxygen atoms in total. The Hall–Kier alpha value is -1.80. The van der Waals surface area contributed by atoms with Crippen LogP contribution in [-0.2, 0) is 0 Å². The van der Waals surface area contributed by atoms with E-state index in [1.165, 1.54) is 5.56 Å². The molecule has 0 spiro atoms. The molecule has 0 aliphatic heterocycles. The molecule has 0 atom stereocenters. The van der Waals surface area contributed by atoms with E-state index in [1.54, 1.807) is 0 Å². The molecule has 2 rings (SSSR count). The lowest BCUT2D eigenvalue weighted by Crippen LogP contribution is -1.99. The lowest BCUT2D eigenvalue weighted by Gasteiger charge is -2.04. The van der Waals surface area contributed by atoms with Gasteiger partial charge in [-0.2, -0.15) is 5.10 Å². The van der Waals surface area contributed by atoms with Crippen LogP contribution in [0.5, 0.6) is 0 Å². The second-order valence-electron chi connectivity index (χ2n) is 4.19. The van der Waals surface area contributed by atoms with E-state index < -0.39 is 0 Å². The average molecular weight is 259 g/mol. The molecule has 0 saturated carbocycles. The average Bonchev–Trinajstić information content (AvgIpc) is 2.37. The van der Waals surface area contributed by atoms with Crippen molar-refractivity contribution in [3.8, 4) is 0 Å². The molecule has 3 heteroatoms. The molecule has 0 heterocycles. The summed E-state index contributed by atoms with van der Waals surface area (Å²) in [5.74, 6) is 0. The van der Waals surface area contributed by atoms with E-state index >= 15 is 0 Å². The molecule has 0 fully saturated rings. The highest BCUT2D eigenvalue weighted by Crippen LogP contribution is 2.12. The number of rotatable bonds is 3. The van der Waals surface area contributed by atoms with Crippen LogP contribution in [-0.4, -0.2) is 5.71 Å². The third-order valence-corrected chi connectivity index (χ3v) is 2.88. The molecule has 0 saturated heterocycles. The number of hydrogen-bond acceptors (Lipinski definition) is 2. The van der Waals surface area contributed by atoms with Gasteiger partial charge >= 0.3 is 0 Å².